The number of rotatable bonds is 4. The van der Waals surface area contributed by atoms with E-state index in [0.717, 1.165) is 22.8 Å². The number of carbonyl (C=O) groups excluding carboxylic acids is 1. The zero-order valence-electron chi connectivity index (χ0n) is 16.5. The van der Waals surface area contributed by atoms with Crippen molar-refractivity contribution < 1.29 is 4.79 Å². The van der Waals surface area contributed by atoms with Crippen LogP contribution in [-0.4, -0.2) is 25.8 Å². The van der Waals surface area contributed by atoms with E-state index < -0.39 is 0 Å². The highest BCUT2D eigenvalue weighted by Crippen LogP contribution is 2.22. The molecule has 0 saturated heterocycles. The van der Waals surface area contributed by atoms with E-state index in [0.29, 0.717) is 17.3 Å². The first-order valence-electron chi connectivity index (χ1n) is 9.47. The second-order valence-electron chi connectivity index (χ2n) is 7.17. The molecule has 0 aliphatic heterocycles. The van der Waals surface area contributed by atoms with Crippen molar-refractivity contribution in [1.82, 2.24) is 19.8 Å². The number of urea groups is 1. The van der Waals surface area contributed by atoms with Crippen LogP contribution < -0.4 is 10.6 Å². The fourth-order valence-corrected chi connectivity index (χ4v) is 3.05. The van der Waals surface area contributed by atoms with Gasteiger partial charge in [-0.05, 0) is 54.8 Å². The molecular weight excluding hydrogens is 364 g/mol. The Morgan fingerprint density at radius 3 is 2.45 bits per heavy atom. The number of anilines is 2. The summed E-state index contributed by atoms with van der Waals surface area (Å²) in [4.78, 5) is 12.4. The lowest BCUT2D eigenvalue weighted by atomic mass is 10.0. The number of nitrogens with zero attached hydrogens (tertiary/aromatic N) is 4. The molecule has 4 aromatic rings. The average molecular weight is 386 g/mol. The van der Waals surface area contributed by atoms with Crippen molar-refractivity contribution in [2.24, 2.45) is 0 Å². The van der Waals surface area contributed by atoms with Gasteiger partial charge in [-0.1, -0.05) is 38.1 Å². The van der Waals surface area contributed by atoms with Crippen molar-refractivity contribution >= 4 is 23.1 Å². The first-order chi connectivity index (χ1) is 14.0. The van der Waals surface area contributed by atoms with Gasteiger partial charge in [-0.3, -0.25) is 0 Å². The summed E-state index contributed by atoms with van der Waals surface area (Å²) in [5.74, 6) is 1.18. The predicted octanol–water partition coefficient (Wildman–Crippen LogP) is 4.87. The second-order valence-corrected chi connectivity index (χ2v) is 7.17. The van der Waals surface area contributed by atoms with Crippen LogP contribution in [0.5, 0.6) is 0 Å². The molecule has 0 saturated carbocycles. The number of carbonyl (C=O) groups is 1. The lowest BCUT2D eigenvalue weighted by Gasteiger charge is -2.10. The Hall–Kier alpha value is -3.74. The zero-order chi connectivity index (χ0) is 20.4. The van der Waals surface area contributed by atoms with Gasteiger partial charge in [0.05, 0.1) is 5.69 Å². The molecule has 0 unspecified atom stereocenters. The highest BCUT2D eigenvalue weighted by atomic mass is 16.2. The van der Waals surface area contributed by atoms with Crippen LogP contribution in [0, 0.1) is 6.92 Å². The third kappa shape index (κ3) is 4.08. The van der Waals surface area contributed by atoms with Crippen LogP contribution in [0.4, 0.5) is 16.2 Å². The Morgan fingerprint density at radius 1 is 0.931 bits per heavy atom. The van der Waals surface area contributed by atoms with Crippen molar-refractivity contribution in [3.8, 4) is 11.3 Å². The van der Waals surface area contributed by atoms with Gasteiger partial charge in [0, 0.05) is 16.9 Å². The van der Waals surface area contributed by atoms with Crippen LogP contribution in [0.3, 0.4) is 0 Å². The topological polar surface area (TPSA) is 84.2 Å². The van der Waals surface area contributed by atoms with Gasteiger partial charge in [-0.2, -0.15) is 9.61 Å². The van der Waals surface area contributed by atoms with E-state index in [-0.39, 0.29) is 6.03 Å². The Labute approximate surface area is 168 Å². The molecule has 29 heavy (non-hydrogen) atoms. The fraction of sp³-hybridized carbons (Fsp3) is 0.182. The molecule has 0 radical (unpaired) electrons. The van der Waals surface area contributed by atoms with E-state index >= 15 is 0 Å². The largest absolute Gasteiger partial charge is 0.323 e. The molecule has 0 fully saturated rings. The van der Waals surface area contributed by atoms with Crippen molar-refractivity contribution in [1.29, 1.82) is 0 Å². The number of aromatic nitrogens is 4. The van der Waals surface area contributed by atoms with E-state index in [1.165, 1.54) is 5.56 Å². The van der Waals surface area contributed by atoms with Gasteiger partial charge in [-0.25, -0.2) is 4.79 Å². The van der Waals surface area contributed by atoms with Crippen molar-refractivity contribution in [3.63, 3.8) is 0 Å². The highest BCUT2D eigenvalue weighted by Gasteiger charge is 2.08. The van der Waals surface area contributed by atoms with Crippen molar-refractivity contribution in [2.75, 3.05) is 10.6 Å². The highest BCUT2D eigenvalue weighted by molar-refractivity contribution is 6.00. The van der Waals surface area contributed by atoms with Crippen molar-refractivity contribution in [3.05, 3.63) is 72.1 Å². The maximum absolute atomic E-state index is 12.4. The maximum Gasteiger partial charge on any atom is 0.323 e. The lowest BCUT2D eigenvalue weighted by molar-refractivity contribution is 0.262. The molecule has 2 amide bonds. The predicted molar refractivity (Wildman–Crippen MR) is 114 cm³/mol. The van der Waals surface area contributed by atoms with E-state index in [2.05, 4.69) is 39.8 Å². The Bertz CT molecular complexity index is 1160. The number of amides is 2. The minimum atomic E-state index is -0.294. The van der Waals surface area contributed by atoms with Gasteiger partial charge < -0.3 is 10.6 Å². The van der Waals surface area contributed by atoms with Crippen LogP contribution >= 0.6 is 0 Å². The number of benzene rings is 2. The normalized spacial score (nSPS) is 11.0. The number of fused-ring (bicyclic) bond motifs is 1. The molecule has 7 heteroatoms. The second kappa shape index (κ2) is 7.71. The summed E-state index contributed by atoms with van der Waals surface area (Å²) in [6.45, 7) is 6.13. The Morgan fingerprint density at radius 2 is 1.69 bits per heavy atom. The van der Waals surface area contributed by atoms with E-state index in [4.69, 9.17) is 0 Å². The molecule has 0 aliphatic rings. The van der Waals surface area contributed by atoms with Gasteiger partial charge in [0.2, 0.25) is 0 Å². The first-order valence-corrected chi connectivity index (χ1v) is 9.47. The molecule has 4 rings (SSSR count). The zero-order valence-corrected chi connectivity index (χ0v) is 16.5. The third-order valence-corrected chi connectivity index (χ3v) is 4.67. The standard InChI is InChI=1S/C22H22N6O/c1-14(2)16-7-9-18(10-8-16)23-22(29)24-19-6-4-5-17(13-19)20-11-12-21-26-25-15(3)28(21)27-20/h4-14H,1-3H3,(H2,23,24,29). The first kappa shape index (κ1) is 18.6. The van der Waals surface area contributed by atoms with Crippen molar-refractivity contribution in [2.45, 2.75) is 26.7 Å². The van der Waals surface area contributed by atoms with Crippen LogP contribution in [0.15, 0.2) is 60.7 Å². The van der Waals surface area contributed by atoms with E-state index in [1.807, 2.05) is 67.6 Å². The maximum atomic E-state index is 12.4. The molecule has 7 nitrogen and oxygen atoms in total. The molecule has 2 aromatic heterocycles. The molecule has 0 aliphatic carbocycles. The molecule has 2 heterocycles. The monoisotopic (exact) mass is 386 g/mol. The van der Waals surface area contributed by atoms with Gasteiger partial charge >= 0.3 is 6.03 Å². The van der Waals surface area contributed by atoms with Crippen LogP contribution in [0.2, 0.25) is 0 Å². The van der Waals surface area contributed by atoms with Gasteiger partial charge in [0.15, 0.2) is 11.5 Å². The SMILES string of the molecule is Cc1nnc2ccc(-c3cccc(NC(=O)Nc4ccc(C(C)C)cc4)c3)nn12. The van der Waals surface area contributed by atoms with Crippen LogP contribution in [0.1, 0.15) is 31.2 Å². The molecule has 146 valence electrons. The summed E-state index contributed by atoms with van der Waals surface area (Å²) in [7, 11) is 0. The fourth-order valence-electron chi connectivity index (χ4n) is 3.05. The van der Waals surface area contributed by atoms with Crippen LogP contribution in [-0.2, 0) is 0 Å². The molecule has 0 atom stereocenters. The average Bonchev–Trinajstić information content (AvgIpc) is 3.09. The Kier molecular flexibility index (Phi) is 4.95. The van der Waals surface area contributed by atoms with Gasteiger partial charge in [0.25, 0.3) is 0 Å². The minimum Gasteiger partial charge on any atom is -0.308 e. The van der Waals surface area contributed by atoms with Gasteiger partial charge in [0.1, 0.15) is 0 Å². The molecular formula is C22H22N6O. The summed E-state index contributed by atoms with van der Waals surface area (Å²) in [6.07, 6.45) is 0. The lowest BCUT2D eigenvalue weighted by Crippen LogP contribution is -2.19. The summed E-state index contributed by atoms with van der Waals surface area (Å²) >= 11 is 0. The Balaban J connectivity index is 1.49. The number of hydrogen-bond acceptors (Lipinski definition) is 4. The van der Waals surface area contributed by atoms with Gasteiger partial charge in [-0.15, -0.1) is 10.2 Å². The minimum absolute atomic E-state index is 0.294. The molecule has 2 N–H and O–H groups in total. The molecule has 0 bridgehead atoms. The quantitative estimate of drug-likeness (QED) is 0.524. The summed E-state index contributed by atoms with van der Waals surface area (Å²) in [5, 5.41) is 18.4. The van der Waals surface area contributed by atoms with E-state index in [9.17, 15) is 4.79 Å². The number of nitrogens with one attached hydrogen (secondary N) is 2. The van der Waals surface area contributed by atoms with E-state index in [1.54, 1.807) is 4.52 Å². The summed E-state index contributed by atoms with van der Waals surface area (Å²) in [5.41, 5.74) is 5.02. The third-order valence-electron chi connectivity index (χ3n) is 4.67. The number of hydrogen-bond donors (Lipinski definition) is 2. The van der Waals surface area contributed by atoms with Crippen LogP contribution in [0.25, 0.3) is 16.9 Å². The molecule has 0 spiro atoms. The summed E-state index contributed by atoms with van der Waals surface area (Å²) < 4.78 is 1.70. The number of aryl methyl sites for hydroxylation is 1. The summed E-state index contributed by atoms with van der Waals surface area (Å²) in [6, 6.07) is 18.9. The molecule has 2 aromatic carbocycles. The smallest absolute Gasteiger partial charge is 0.308 e.